The molecule has 1 N–H and O–H groups in total. The van der Waals surface area contributed by atoms with Gasteiger partial charge in [-0.15, -0.1) is 0 Å². The first-order valence-electron chi connectivity index (χ1n) is 9.17. The van der Waals surface area contributed by atoms with Crippen molar-refractivity contribution in [2.24, 2.45) is 0 Å². The number of hydrogen-bond acceptors (Lipinski definition) is 3. The zero-order valence-corrected chi connectivity index (χ0v) is 15.7. The molecule has 0 radical (unpaired) electrons. The van der Waals surface area contributed by atoms with Gasteiger partial charge < -0.3 is 10.1 Å². The summed E-state index contributed by atoms with van der Waals surface area (Å²) in [5.74, 6) is 0.713. The van der Waals surface area contributed by atoms with Crippen molar-refractivity contribution in [1.82, 2.24) is 10.3 Å². The SMILES string of the molecule is CCCOc1ccc(CNC(=O)c2cncc(-c3ccc(C)cc3)c2)cc1. The van der Waals surface area contributed by atoms with E-state index in [-0.39, 0.29) is 5.91 Å². The van der Waals surface area contributed by atoms with Crippen molar-refractivity contribution >= 4 is 5.91 Å². The maximum absolute atomic E-state index is 12.5. The van der Waals surface area contributed by atoms with Crippen LogP contribution in [0.25, 0.3) is 11.1 Å². The van der Waals surface area contributed by atoms with Crippen molar-refractivity contribution in [1.29, 1.82) is 0 Å². The van der Waals surface area contributed by atoms with Gasteiger partial charge in [0, 0.05) is 24.5 Å². The number of hydrogen-bond donors (Lipinski definition) is 1. The zero-order valence-electron chi connectivity index (χ0n) is 15.7. The fraction of sp³-hybridized carbons (Fsp3) is 0.217. The number of pyridine rings is 1. The van der Waals surface area contributed by atoms with Crippen LogP contribution in [0.15, 0.2) is 67.0 Å². The van der Waals surface area contributed by atoms with Crippen LogP contribution in [0.4, 0.5) is 0 Å². The molecule has 4 heteroatoms. The summed E-state index contributed by atoms with van der Waals surface area (Å²) in [6, 6.07) is 17.8. The van der Waals surface area contributed by atoms with Gasteiger partial charge in [-0.1, -0.05) is 48.9 Å². The molecule has 3 aromatic rings. The molecule has 1 amide bonds. The van der Waals surface area contributed by atoms with Gasteiger partial charge >= 0.3 is 0 Å². The molecule has 27 heavy (non-hydrogen) atoms. The first-order chi connectivity index (χ1) is 13.2. The predicted octanol–water partition coefficient (Wildman–Crippen LogP) is 4.78. The Kier molecular flexibility index (Phi) is 6.21. The van der Waals surface area contributed by atoms with Crippen molar-refractivity contribution in [2.75, 3.05) is 6.61 Å². The van der Waals surface area contributed by atoms with Crippen molar-refractivity contribution in [3.05, 3.63) is 83.7 Å². The summed E-state index contributed by atoms with van der Waals surface area (Å²) in [6.45, 7) is 5.29. The van der Waals surface area contributed by atoms with Crippen LogP contribution in [0, 0.1) is 6.92 Å². The number of ether oxygens (including phenoxy) is 1. The first kappa shape index (κ1) is 18.6. The number of aromatic nitrogens is 1. The lowest BCUT2D eigenvalue weighted by molar-refractivity contribution is 0.0950. The number of nitrogens with one attached hydrogen (secondary N) is 1. The van der Waals surface area contributed by atoms with Gasteiger partial charge in [-0.05, 0) is 42.7 Å². The molecule has 0 aliphatic heterocycles. The van der Waals surface area contributed by atoms with Crippen LogP contribution in [0.5, 0.6) is 5.75 Å². The molecule has 138 valence electrons. The number of carbonyl (C=O) groups is 1. The zero-order chi connectivity index (χ0) is 19.1. The molecule has 0 aliphatic carbocycles. The standard InChI is InChI=1S/C23H24N2O2/c1-3-12-27-22-10-6-18(7-11-22)14-25-23(26)21-13-20(15-24-16-21)19-8-4-17(2)5-9-19/h4-11,13,15-16H,3,12,14H2,1-2H3,(H,25,26). The van der Waals surface area contributed by atoms with Gasteiger partial charge in [0.1, 0.15) is 5.75 Å². The van der Waals surface area contributed by atoms with Crippen LogP contribution in [-0.4, -0.2) is 17.5 Å². The van der Waals surface area contributed by atoms with Crippen LogP contribution in [0.3, 0.4) is 0 Å². The summed E-state index contributed by atoms with van der Waals surface area (Å²) in [5.41, 5.74) is 4.75. The van der Waals surface area contributed by atoms with Crippen molar-refractivity contribution in [3.8, 4) is 16.9 Å². The Bertz CT molecular complexity index is 887. The summed E-state index contributed by atoms with van der Waals surface area (Å²) < 4.78 is 5.57. The second kappa shape index (κ2) is 8.99. The van der Waals surface area contributed by atoms with E-state index in [1.165, 1.54) is 5.56 Å². The number of amides is 1. The van der Waals surface area contributed by atoms with E-state index in [2.05, 4.69) is 29.4 Å². The smallest absolute Gasteiger partial charge is 0.253 e. The molecule has 0 atom stereocenters. The van der Waals surface area contributed by atoms with Gasteiger partial charge in [-0.3, -0.25) is 9.78 Å². The summed E-state index contributed by atoms with van der Waals surface area (Å²) in [7, 11) is 0. The van der Waals surface area contributed by atoms with E-state index in [1.807, 2.05) is 49.4 Å². The van der Waals surface area contributed by atoms with Crippen LogP contribution in [0.2, 0.25) is 0 Å². The Morgan fingerprint density at radius 1 is 1.00 bits per heavy atom. The third-order valence-electron chi connectivity index (χ3n) is 4.23. The Morgan fingerprint density at radius 3 is 2.44 bits per heavy atom. The molecule has 4 nitrogen and oxygen atoms in total. The average Bonchev–Trinajstić information content (AvgIpc) is 2.72. The van der Waals surface area contributed by atoms with E-state index in [9.17, 15) is 4.79 Å². The van der Waals surface area contributed by atoms with Gasteiger partial charge in [-0.2, -0.15) is 0 Å². The molecule has 3 rings (SSSR count). The van der Waals surface area contributed by atoms with E-state index >= 15 is 0 Å². The van der Waals surface area contributed by atoms with Gasteiger partial charge in [0.05, 0.1) is 12.2 Å². The summed E-state index contributed by atoms with van der Waals surface area (Å²) in [4.78, 5) is 16.7. The van der Waals surface area contributed by atoms with E-state index in [0.29, 0.717) is 18.7 Å². The maximum Gasteiger partial charge on any atom is 0.253 e. The lowest BCUT2D eigenvalue weighted by atomic mass is 10.0. The molecule has 2 aromatic carbocycles. The average molecular weight is 360 g/mol. The van der Waals surface area contributed by atoms with Crippen molar-refractivity contribution < 1.29 is 9.53 Å². The molecule has 0 fully saturated rings. The fourth-order valence-corrected chi connectivity index (χ4v) is 2.68. The van der Waals surface area contributed by atoms with Crippen LogP contribution < -0.4 is 10.1 Å². The largest absolute Gasteiger partial charge is 0.494 e. The molecule has 0 saturated heterocycles. The van der Waals surface area contributed by atoms with Gasteiger partial charge in [0.2, 0.25) is 0 Å². The number of nitrogens with zero attached hydrogens (tertiary/aromatic N) is 1. The quantitative estimate of drug-likeness (QED) is 0.660. The molecule has 0 saturated carbocycles. The first-order valence-corrected chi connectivity index (χ1v) is 9.17. The maximum atomic E-state index is 12.5. The van der Waals surface area contributed by atoms with Crippen LogP contribution in [0.1, 0.15) is 34.8 Å². The second-order valence-corrected chi connectivity index (χ2v) is 6.50. The minimum atomic E-state index is -0.136. The van der Waals surface area contributed by atoms with Crippen LogP contribution >= 0.6 is 0 Å². The molecule has 0 bridgehead atoms. The monoisotopic (exact) mass is 360 g/mol. The molecular formula is C23H24N2O2. The topological polar surface area (TPSA) is 51.2 Å². The third kappa shape index (κ3) is 5.17. The van der Waals surface area contributed by atoms with Gasteiger partial charge in [0.25, 0.3) is 5.91 Å². The van der Waals surface area contributed by atoms with Crippen molar-refractivity contribution in [2.45, 2.75) is 26.8 Å². The summed E-state index contributed by atoms with van der Waals surface area (Å²) in [5, 5.41) is 2.95. The predicted molar refractivity (Wildman–Crippen MR) is 108 cm³/mol. The lowest BCUT2D eigenvalue weighted by Gasteiger charge is -2.09. The fourth-order valence-electron chi connectivity index (χ4n) is 2.68. The lowest BCUT2D eigenvalue weighted by Crippen LogP contribution is -2.22. The third-order valence-corrected chi connectivity index (χ3v) is 4.23. The molecule has 0 spiro atoms. The summed E-state index contributed by atoms with van der Waals surface area (Å²) in [6.07, 6.45) is 4.35. The molecule has 0 aliphatic rings. The highest BCUT2D eigenvalue weighted by molar-refractivity contribution is 5.95. The second-order valence-electron chi connectivity index (χ2n) is 6.50. The number of rotatable bonds is 7. The van der Waals surface area contributed by atoms with Crippen LogP contribution in [-0.2, 0) is 6.54 Å². The highest BCUT2D eigenvalue weighted by Gasteiger charge is 2.08. The van der Waals surface area contributed by atoms with Crippen molar-refractivity contribution in [3.63, 3.8) is 0 Å². The normalized spacial score (nSPS) is 10.4. The number of aryl methyl sites for hydroxylation is 1. The highest BCUT2D eigenvalue weighted by Crippen LogP contribution is 2.20. The van der Waals surface area contributed by atoms with Gasteiger partial charge in [0.15, 0.2) is 0 Å². The Labute approximate surface area is 160 Å². The Hall–Kier alpha value is -3.14. The number of carbonyl (C=O) groups excluding carboxylic acids is 1. The molecule has 1 heterocycles. The van der Waals surface area contributed by atoms with E-state index in [1.54, 1.807) is 12.4 Å². The Morgan fingerprint density at radius 2 is 1.74 bits per heavy atom. The van der Waals surface area contributed by atoms with E-state index in [0.717, 1.165) is 28.9 Å². The van der Waals surface area contributed by atoms with Gasteiger partial charge in [-0.25, -0.2) is 0 Å². The molecule has 1 aromatic heterocycles. The minimum Gasteiger partial charge on any atom is -0.494 e. The highest BCUT2D eigenvalue weighted by atomic mass is 16.5. The molecular weight excluding hydrogens is 336 g/mol. The minimum absolute atomic E-state index is 0.136. The van der Waals surface area contributed by atoms with E-state index < -0.39 is 0 Å². The molecule has 0 unspecified atom stereocenters. The Balaban J connectivity index is 1.62. The summed E-state index contributed by atoms with van der Waals surface area (Å²) >= 11 is 0. The van der Waals surface area contributed by atoms with E-state index in [4.69, 9.17) is 4.74 Å². The number of benzene rings is 2.